The van der Waals surface area contributed by atoms with Crippen molar-refractivity contribution in [2.75, 3.05) is 32.2 Å². The average molecular weight is 409 g/mol. The lowest BCUT2D eigenvalue weighted by Gasteiger charge is -2.07. The summed E-state index contributed by atoms with van der Waals surface area (Å²) in [6, 6.07) is 2.90. The van der Waals surface area contributed by atoms with E-state index in [0.717, 1.165) is 12.1 Å². The van der Waals surface area contributed by atoms with Gasteiger partial charge in [0.25, 0.3) is 5.91 Å². The van der Waals surface area contributed by atoms with Gasteiger partial charge < -0.3 is 25.1 Å². The zero-order valence-corrected chi connectivity index (χ0v) is 16.2. The third-order valence-electron chi connectivity index (χ3n) is 4.00. The van der Waals surface area contributed by atoms with Crippen LogP contribution >= 0.6 is 0 Å². The molecular weight excluding hydrogens is 388 g/mol. The Bertz CT molecular complexity index is 927. The lowest BCUT2D eigenvalue weighted by molar-refractivity contribution is -0.115. The molecule has 0 atom stereocenters. The number of hydrogen-bond donors (Lipinski definition) is 3. The Hall–Kier alpha value is -3.27. The van der Waals surface area contributed by atoms with Crippen molar-refractivity contribution in [3.63, 3.8) is 0 Å². The van der Waals surface area contributed by atoms with Crippen molar-refractivity contribution in [2.45, 2.75) is 13.8 Å². The summed E-state index contributed by atoms with van der Waals surface area (Å²) >= 11 is 0. The first kappa shape index (κ1) is 22.0. The van der Waals surface area contributed by atoms with Crippen LogP contribution in [0.3, 0.4) is 0 Å². The molecule has 2 rings (SSSR count). The van der Waals surface area contributed by atoms with Crippen LogP contribution in [0, 0.1) is 25.5 Å². The molecule has 0 aliphatic heterocycles. The molecule has 1 heterocycles. The molecule has 156 valence electrons. The van der Waals surface area contributed by atoms with E-state index in [4.69, 9.17) is 9.47 Å². The highest BCUT2D eigenvalue weighted by Crippen LogP contribution is 2.19. The second-order valence-electron chi connectivity index (χ2n) is 6.11. The van der Waals surface area contributed by atoms with Crippen molar-refractivity contribution in [2.24, 2.45) is 0 Å². The number of methoxy groups -OCH3 is 1. The Morgan fingerprint density at radius 1 is 1.10 bits per heavy atom. The number of H-pyrrole nitrogens is 1. The van der Waals surface area contributed by atoms with Crippen molar-refractivity contribution < 1.29 is 32.6 Å². The van der Waals surface area contributed by atoms with Crippen LogP contribution in [0.1, 0.15) is 32.1 Å². The second-order valence-corrected chi connectivity index (χ2v) is 6.11. The number of amides is 2. The number of benzene rings is 1. The predicted molar refractivity (Wildman–Crippen MR) is 99.7 cm³/mol. The zero-order valence-electron chi connectivity index (χ0n) is 16.2. The molecule has 0 unspecified atom stereocenters. The minimum atomic E-state index is -1.10. The van der Waals surface area contributed by atoms with E-state index in [1.807, 2.05) is 0 Å². The molecule has 3 N–H and O–H groups in total. The van der Waals surface area contributed by atoms with E-state index in [1.54, 1.807) is 13.8 Å². The highest BCUT2D eigenvalue weighted by Gasteiger charge is 2.23. The molecule has 0 saturated carbocycles. The average Bonchev–Trinajstić information content (AvgIpc) is 2.97. The number of carbonyl (C=O) groups excluding carboxylic acids is 3. The fourth-order valence-electron chi connectivity index (χ4n) is 2.60. The molecule has 1 aromatic heterocycles. The number of ether oxygens (including phenoxy) is 2. The van der Waals surface area contributed by atoms with Gasteiger partial charge in [0.15, 0.2) is 11.6 Å². The molecular formula is C19H21F2N3O5. The van der Waals surface area contributed by atoms with Crippen LogP contribution in [0.4, 0.5) is 14.5 Å². The van der Waals surface area contributed by atoms with Crippen molar-refractivity contribution in [3.05, 3.63) is 52.3 Å². The Kier molecular flexibility index (Phi) is 7.43. The van der Waals surface area contributed by atoms with E-state index in [1.165, 1.54) is 13.2 Å². The van der Waals surface area contributed by atoms with Crippen LogP contribution < -0.4 is 10.6 Å². The summed E-state index contributed by atoms with van der Waals surface area (Å²) in [7, 11) is 1.48. The summed E-state index contributed by atoms with van der Waals surface area (Å²) in [5, 5.41) is 4.73. The van der Waals surface area contributed by atoms with Gasteiger partial charge >= 0.3 is 5.97 Å². The summed E-state index contributed by atoms with van der Waals surface area (Å²) in [4.78, 5) is 39.3. The minimum absolute atomic E-state index is 0.0520. The number of aromatic nitrogens is 1. The predicted octanol–water partition coefficient (Wildman–Crippen LogP) is 2.08. The number of rotatable bonds is 8. The van der Waals surface area contributed by atoms with E-state index < -0.39 is 36.0 Å². The molecule has 0 saturated heterocycles. The van der Waals surface area contributed by atoms with E-state index in [9.17, 15) is 23.2 Å². The minimum Gasteiger partial charge on any atom is -0.460 e. The summed E-state index contributed by atoms with van der Waals surface area (Å²) < 4.78 is 36.0. The van der Waals surface area contributed by atoms with Gasteiger partial charge in [-0.05, 0) is 31.5 Å². The highest BCUT2D eigenvalue weighted by molar-refractivity contribution is 6.02. The molecule has 29 heavy (non-hydrogen) atoms. The third-order valence-corrected chi connectivity index (χ3v) is 4.00. The zero-order chi connectivity index (χ0) is 21.6. The lowest BCUT2D eigenvalue weighted by Crippen LogP contribution is -2.33. The maximum Gasteiger partial charge on any atom is 0.340 e. The van der Waals surface area contributed by atoms with Crippen LogP contribution in [0.2, 0.25) is 0 Å². The largest absolute Gasteiger partial charge is 0.460 e. The fourth-order valence-corrected chi connectivity index (χ4v) is 2.60. The highest BCUT2D eigenvalue weighted by atomic mass is 19.2. The van der Waals surface area contributed by atoms with E-state index in [2.05, 4.69) is 15.6 Å². The van der Waals surface area contributed by atoms with Gasteiger partial charge in [-0.2, -0.15) is 0 Å². The third kappa shape index (κ3) is 5.61. The molecule has 0 fully saturated rings. The number of nitrogens with one attached hydrogen (secondary N) is 3. The van der Waals surface area contributed by atoms with Crippen LogP contribution in [0.15, 0.2) is 18.2 Å². The molecule has 0 aliphatic rings. The molecule has 0 bridgehead atoms. The molecule has 2 amide bonds. The molecule has 8 nitrogen and oxygen atoms in total. The molecule has 2 aromatic rings. The summed E-state index contributed by atoms with van der Waals surface area (Å²) in [6.45, 7) is 3.10. The van der Waals surface area contributed by atoms with E-state index in [0.29, 0.717) is 11.3 Å². The SMILES string of the molecule is COCCOC(=O)c1c(C)[nH]c(C(=O)NCC(=O)Nc2ccc(F)c(F)c2)c1C. The Balaban J connectivity index is 1.98. The van der Waals surface area contributed by atoms with Crippen molar-refractivity contribution in [3.8, 4) is 0 Å². The van der Waals surface area contributed by atoms with Gasteiger partial charge in [0.05, 0.1) is 18.7 Å². The van der Waals surface area contributed by atoms with Gasteiger partial charge in [0, 0.05) is 24.6 Å². The van der Waals surface area contributed by atoms with Crippen LogP contribution in [-0.2, 0) is 14.3 Å². The Morgan fingerprint density at radius 3 is 2.48 bits per heavy atom. The van der Waals surface area contributed by atoms with Gasteiger partial charge in [-0.15, -0.1) is 0 Å². The molecule has 0 radical (unpaired) electrons. The van der Waals surface area contributed by atoms with Gasteiger partial charge in [-0.1, -0.05) is 0 Å². The number of anilines is 1. The first-order chi connectivity index (χ1) is 13.7. The van der Waals surface area contributed by atoms with Crippen molar-refractivity contribution >= 4 is 23.5 Å². The molecule has 10 heteroatoms. The maximum atomic E-state index is 13.2. The standard InChI is InChI=1S/C19H21F2N3O5/c1-10-16(19(27)29-7-6-28-3)11(2)23-17(10)18(26)22-9-15(25)24-12-4-5-13(20)14(21)8-12/h4-5,8,23H,6-7,9H2,1-3H3,(H,22,26)(H,24,25). The van der Waals surface area contributed by atoms with Crippen LogP contribution in [-0.4, -0.2) is 49.6 Å². The smallest absolute Gasteiger partial charge is 0.340 e. The van der Waals surface area contributed by atoms with Gasteiger partial charge in [-0.25, -0.2) is 13.6 Å². The molecule has 1 aromatic carbocycles. The number of halogens is 2. The topological polar surface area (TPSA) is 110 Å². The number of aryl methyl sites for hydroxylation is 1. The van der Waals surface area contributed by atoms with E-state index in [-0.39, 0.29) is 30.2 Å². The molecule has 0 aliphatic carbocycles. The number of carbonyl (C=O) groups is 3. The van der Waals surface area contributed by atoms with Crippen molar-refractivity contribution in [1.29, 1.82) is 0 Å². The first-order valence-corrected chi connectivity index (χ1v) is 8.63. The maximum absolute atomic E-state index is 13.2. The Morgan fingerprint density at radius 2 is 1.83 bits per heavy atom. The van der Waals surface area contributed by atoms with Crippen LogP contribution in [0.5, 0.6) is 0 Å². The Labute approximate surface area is 165 Å². The number of esters is 1. The summed E-state index contributed by atoms with van der Waals surface area (Å²) in [5.41, 5.74) is 1.22. The van der Waals surface area contributed by atoms with Crippen molar-refractivity contribution in [1.82, 2.24) is 10.3 Å². The quantitative estimate of drug-likeness (QED) is 0.457. The normalized spacial score (nSPS) is 10.5. The summed E-state index contributed by atoms with van der Waals surface area (Å²) in [6.07, 6.45) is 0. The summed E-state index contributed by atoms with van der Waals surface area (Å²) in [5.74, 6) is -3.98. The first-order valence-electron chi connectivity index (χ1n) is 8.63. The number of hydrogen-bond acceptors (Lipinski definition) is 5. The van der Waals surface area contributed by atoms with E-state index >= 15 is 0 Å². The van der Waals surface area contributed by atoms with Gasteiger partial charge in [-0.3, -0.25) is 9.59 Å². The van der Waals surface area contributed by atoms with Gasteiger partial charge in [0.2, 0.25) is 5.91 Å². The lowest BCUT2D eigenvalue weighted by atomic mass is 10.1. The van der Waals surface area contributed by atoms with Crippen LogP contribution in [0.25, 0.3) is 0 Å². The second kappa shape index (κ2) is 9.78. The monoisotopic (exact) mass is 409 g/mol. The number of aromatic amines is 1. The fraction of sp³-hybridized carbons (Fsp3) is 0.316. The van der Waals surface area contributed by atoms with Gasteiger partial charge in [0.1, 0.15) is 12.3 Å². The molecule has 0 spiro atoms.